The highest BCUT2D eigenvalue weighted by Gasteiger charge is 2.34. The Morgan fingerprint density at radius 2 is 1.90 bits per heavy atom. The van der Waals surface area contributed by atoms with E-state index in [9.17, 15) is 14.4 Å². The van der Waals surface area contributed by atoms with Gasteiger partial charge in [0.1, 0.15) is 0 Å². The summed E-state index contributed by atoms with van der Waals surface area (Å²) in [5.74, 6) is -0.422. The fourth-order valence-electron chi connectivity index (χ4n) is 4.74. The highest BCUT2D eigenvalue weighted by Crippen LogP contribution is 2.36. The van der Waals surface area contributed by atoms with Crippen LogP contribution in [0.25, 0.3) is 17.0 Å². The van der Waals surface area contributed by atoms with E-state index in [0.717, 1.165) is 16.5 Å². The van der Waals surface area contributed by atoms with Crippen molar-refractivity contribution in [1.82, 2.24) is 9.55 Å². The van der Waals surface area contributed by atoms with Gasteiger partial charge in [-0.15, -0.1) is 0 Å². The first-order valence-electron chi connectivity index (χ1n) is 13.1. The highest BCUT2D eigenvalue weighted by atomic mass is 32.1. The number of esters is 2. The summed E-state index contributed by atoms with van der Waals surface area (Å²) in [4.78, 5) is 47.2. The number of nitrogens with one attached hydrogen (secondary N) is 1. The third kappa shape index (κ3) is 5.40. The zero-order chi connectivity index (χ0) is 29.1. The van der Waals surface area contributed by atoms with Crippen LogP contribution in [0.1, 0.15) is 37.9 Å². The summed E-state index contributed by atoms with van der Waals surface area (Å²) in [7, 11) is 1.28. The van der Waals surface area contributed by atoms with Crippen LogP contribution < -0.4 is 24.4 Å². The number of para-hydroxylation sites is 1. The number of aromatic amines is 1. The lowest BCUT2D eigenvalue weighted by atomic mass is 9.95. The number of ether oxygens (including phenoxy) is 4. The molecule has 2 aromatic heterocycles. The van der Waals surface area contributed by atoms with Crippen molar-refractivity contribution >= 4 is 40.3 Å². The number of nitrogens with zero attached hydrogens (tertiary/aromatic N) is 2. The van der Waals surface area contributed by atoms with E-state index in [1.165, 1.54) is 23.0 Å². The molecule has 4 aromatic rings. The highest BCUT2D eigenvalue weighted by molar-refractivity contribution is 7.07. The van der Waals surface area contributed by atoms with E-state index < -0.39 is 18.0 Å². The SMILES string of the molecule is CCOC(=O)C1=C(C)N=c2s/c(=C\c3c[nH]c4ccccc34)c(=O)n2[C@H]1c1ccc(OCC(=O)OC)c(OCC)c1. The number of carbonyl (C=O) groups is 2. The Morgan fingerprint density at radius 3 is 2.66 bits per heavy atom. The quantitative estimate of drug-likeness (QED) is 0.304. The number of methoxy groups -OCH3 is 1. The first kappa shape index (κ1) is 27.9. The van der Waals surface area contributed by atoms with E-state index in [2.05, 4.69) is 14.7 Å². The fourth-order valence-corrected chi connectivity index (χ4v) is 5.78. The van der Waals surface area contributed by atoms with Crippen LogP contribution in [0.3, 0.4) is 0 Å². The van der Waals surface area contributed by atoms with Crippen molar-refractivity contribution in [2.45, 2.75) is 26.8 Å². The van der Waals surface area contributed by atoms with E-state index in [-0.39, 0.29) is 24.3 Å². The van der Waals surface area contributed by atoms with Crippen molar-refractivity contribution in [3.05, 3.63) is 90.7 Å². The van der Waals surface area contributed by atoms with Gasteiger partial charge in [-0.1, -0.05) is 35.6 Å². The van der Waals surface area contributed by atoms with E-state index in [4.69, 9.17) is 14.2 Å². The molecule has 2 aromatic carbocycles. The molecule has 3 heterocycles. The number of benzene rings is 2. The third-order valence-electron chi connectivity index (χ3n) is 6.58. The van der Waals surface area contributed by atoms with Crippen LogP contribution in [-0.2, 0) is 19.1 Å². The van der Waals surface area contributed by atoms with Crippen LogP contribution in [0, 0.1) is 0 Å². The summed E-state index contributed by atoms with van der Waals surface area (Å²) in [5.41, 5.74) is 2.84. The maximum absolute atomic E-state index is 14.0. The van der Waals surface area contributed by atoms with Gasteiger partial charge in [0.05, 0.1) is 42.2 Å². The van der Waals surface area contributed by atoms with E-state index >= 15 is 0 Å². The first-order chi connectivity index (χ1) is 19.9. The number of aromatic nitrogens is 2. The minimum atomic E-state index is -0.829. The molecule has 1 aliphatic heterocycles. The number of allylic oxidation sites excluding steroid dienone is 1. The number of thiazole rings is 1. The molecule has 1 atom stereocenters. The molecule has 1 N–H and O–H groups in total. The maximum Gasteiger partial charge on any atom is 0.343 e. The summed E-state index contributed by atoms with van der Waals surface area (Å²) in [6, 6.07) is 12.1. The Bertz CT molecular complexity index is 1850. The zero-order valence-corrected chi connectivity index (χ0v) is 23.9. The van der Waals surface area contributed by atoms with Crippen LogP contribution in [0.15, 0.2) is 69.7 Å². The van der Waals surface area contributed by atoms with Crippen LogP contribution in [-0.4, -0.2) is 48.4 Å². The molecular formula is C30H29N3O7S. The van der Waals surface area contributed by atoms with Gasteiger partial charge in [0, 0.05) is 22.7 Å². The number of carbonyl (C=O) groups excluding carboxylic acids is 2. The second-order valence-electron chi connectivity index (χ2n) is 9.10. The van der Waals surface area contributed by atoms with Crippen molar-refractivity contribution < 1.29 is 28.5 Å². The Kier molecular flexibility index (Phi) is 8.06. The summed E-state index contributed by atoms with van der Waals surface area (Å²) in [5, 5.41) is 0.988. The van der Waals surface area contributed by atoms with Crippen molar-refractivity contribution in [3.8, 4) is 11.5 Å². The van der Waals surface area contributed by atoms with Crippen molar-refractivity contribution in [3.63, 3.8) is 0 Å². The van der Waals surface area contributed by atoms with Gasteiger partial charge in [0.25, 0.3) is 5.56 Å². The zero-order valence-electron chi connectivity index (χ0n) is 23.1. The molecule has 11 heteroatoms. The maximum atomic E-state index is 14.0. The molecule has 0 unspecified atom stereocenters. The lowest BCUT2D eigenvalue weighted by Gasteiger charge is -2.25. The van der Waals surface area contributed by atoms with Gasteiger partial charge in [0.2, 0.25) is 0 Å². The van der Waals surface area contributed by atoms with Gasteiger partial charge in [-0.25, -0.2) is 14.6 Å². The molecule has 41 heavy (non-hydrogen) atoms. The number of hydrogen-bond acceptors (Lipinski definition) is 9. The molecule has 1 aliphatic rings. The normalized spacial score (nSPS) is 14.9. The van der Waals surface area contributed by atoms with Crippen LogP contribution in [0.2, 0.25) is 0 Å². The monoisotopic (exact) mass is 575 g/mol. The molecule has 0 saturated carbocycles. The molecule has 10 nitrogen and oxygen atoms in total. The average Bonchev–Trinajstić information content (AvgIpc) is 3.51. The van der Waals surface area contributed by atoms with Gasteiger partial charge in [-0.3, -0.25) is 9.36 Å². The van der Waals surface area contributed by atoms with Gasteiger partial charge in [0.15, 0.2) is 22.9 Å². The van der Waals surface area contributed by atoms with Gasteiger partial charge >= 0.3 is 11.9 Å². The van der Waals surface area contributed by atoms with Gasteiger partial charge < -0.3 is 23.9 Å². The van der Waals surface area contributed by atoms with Gasteiger partial charge in [-0.2, -0.15) is 0 Å². The fraction of sp³-hybridized carbons (Fsp3) is 0.267. The van der Waals surface area contributed by atoms with E-state index in [1.54, 1.807) is 32.0 Å². The minimum absolute atomic E-state index is 0.165. The lowest BCUT2D eigenvalue weighted by Crippen LogP contribution is -2.40. The summed E-state index contributed by atoms with van der Waals surface area (Å²) >= 11 is 1.25. The summed E-state index contributed by atoms with van der Waals surface area (Å²) in [6.45, 7) is 5.46. The third-order valence-corrected chi connectivity index (χ3v) is 7.56. The molecule has 0 bridgehead atoms. The largest absolute Gasteiger partial charge is 0.490 e. The first-order valence-corrected chi connectivity index (χ1v) is 13.9. The van der Waals surface area contributed by atoms with Crippen LogP contribution in [0.4, 0.5) is 0 Å². The predicted octanol–water partition coefficient (Wildman–Crippen LogP) is 3.23. The molecule has 0 radical (unpaired) electrons. The van der Waals surface area contributed by atoms with E-state index in [1.807, 2.05) is 43.5 Å². The lowest BCUT2D eigenvalue weighted by molar-refractivity contribution is -0.143. The van der Waals surface area contributed by atoms with Crippen LogP contribution >= 0.6 is 11.3 Å². The van der Waals surface area contributed by atoms with Crippen LogP contribution in [0.5, 0.6) is 11.5 Å². The Morgan fingerprint density at radius 1 is 1.10 bits per heavy atom. The molecular weight excluding hydrogens is 546 g/mol. The van der Waals surface area contributed by atoms with Crippen molar-refractivity contribution in [1.29, 1.82) is 0 Å². The molecule has 0 fully saturated rings. The molecule has 5 rings (SSSR count). The molecule has 0 spiro atoms. The summed E-state index contributed by atoms with van der Waals surface area (Å²) in [6.07, 6.45) is 3.69. The number of fused-ring (bicyclic) bond motifs is 2. The minimum Gasteiger partial charge on any atom is -0.490 e. The number of hydrogen-bond donors (Lipinski definition) is 1. The average molecular weight is 576 g/mol. The molecule has 0 saturated heterocycles. The van der Waals surface area contributed by atoms with E-state index in [0.29, 0.717) is 38.7 Å². The predicted molar refractivity (Wildman–Crippen MR) is 154 cm³/mol. The second kappa shape index (κ2) is 11.8. The Balaban J connectivity index is 1.68. The molecule has 0 aliphatic carbocycles. The van der Waals surface area contributed by atoms with Gasteiger partial charge in [-0.05, 0) is 50.6 Å². The Hall–Kier alpha value is -4.64. The second-order valence-corrected chi connectivity index (χ2v) is 10.1. The topological polar surface area (TPSA) is 121 Å². The van der Waals surface area contributed by atoms with Crippen molar-refractivity contribution in [2.24, 2.45) is 4.99 Å². The summed E-state index contributed by atoms with van der Waals surface area (Å²) < 4.78 is 23.5. The standard InChI is InChI=1S/C30H29N3O7S/c1-5-38-23-13-18(11-12-22(23)40-16-25(34)37-4)27-26(29(36)39-6-2)17(3)32-30-33(27)28(35)24(41-30)14-19-15-31-21-10-8-7-9-20(19)21/h7-15,27,31H,5-6,16H2,1-4H3/b24-14-/t27-/m0/s1. The molecule has 0 amide bonds. The van der Waals surface area contributed by atoms with Crippen molar-refractivity contribution in [2.75, 3.05) is 26.9 Å². The number of rotatable bonds is 9. The molecule has 212 valence electrons. The number of H-pyrrole nitrogens is 1. The smallest absolute Gasteiger partial charge is 0.343 e. The Labute approximate surface area is 239 Å².